The van der Waals surface area contributed by atoms with Gasteiger partial charge in [0.1, 0.15) is 13.2 Å². The van der Waals surface area contributed by atoms with Crippen LogP contribution in [0.15, 0.2) is 158 Å². The topological polar surface area (TPSA) is 78.9 Å². The summed E-state index contributed by atoms with van der Waals surface area (Å²) < 4.78 is 16.8. The molecule has 0 aromatic carbocycles. The van der Waals surface area contributed by atoms with Crippen LogP contribution in [-0.4, -0.2) is 37.2 Å². The zero-order chi connectivity index (χ0) is 57.8. The van der Waals surface area contributed by atoms with Crippen molar-refractivity contribution >= 4 is 17.9 Å². The average Bonchev–Trinajstić information content (AvgIpc) is 3.46. The van der Waals surface area contributed by atoms with Gasteiger partial charge in [-0.2, -0.15) is 0 Å². The Morgan fingerprint density at radius 3 is 0.825 bits per heavy atom. The smallest absolute Gasteiger partial charge is 0.306 e. The lowest BCUT2D eigenvalue weighted by Crippen LogP contribution is -2.30. The molecule has 0 aliphatic carbocycles. The summed E-state index contributed by atoms with van der Waals surface area (Å²) in [5, 5.41) is 0. The van der Waals surface area contributed by atoms with Gasteiger partial charge in [-0.3, -0.25) is 14.4 Å². The molecule has 0 saturated carbocycles. The Morgan fingerprint density at radius 2 is 0.512 bits per heavy atom. The van der Waals surface area contributed by atoms with Gasteiger partial charge >= 0.3 is 17.9 Å². The third-order valence-corrected chi connectivity index (χ3v) is 13.2. The first-order chi connectivity index (χ1) is 39.5. The normalized spacial score (nSPS) is 13.2. The second kappa shape index (κ2) is 66.5. The molecular formula is C74H118O6. The Balaban J connectivity index is 4.33. The molecule has 0 radical (unpaired) electrons. The van der Waals surface area contributed by atoms with Crippen molar-refractivity contribution in [1.29, 1.82) is 0 Å². The Hall–Kier alpha value is -4.97. The summed E-state index contributed by atoms with van der Waals surface area (Å²) in [7, 11) is 0. The summed E-state index contributed by atoms with van der Waals surface area (Å²) in [6.45, 7) is 6.40. The van der Waals surface area contributed by atoms with Crippen molar-refractivity contribution in [3.63, 3.8) is 0 Å². The molecular weight excluding hydrogens is 985 g/mol. The van der Waals surface area contributed by atoms with Crippen molar-refractivity contribution < 1.29 is 28.6 Å². The van der Waals surface area contributed by atoms with Crippen molar-refractivity contribution in [2.24, 2.45) is 0 Å². The van der Waals surface area contributed by atoms with Gasteiger partial charge in [0.25, 0.3) is 0 Å². The van der Waals surface area contributed by atoms with Crippen LogP contribution in [0.4, 0.5) is 0 Å². The molecule has 450 valence electrons. The van der Waals surface area contributed by atoms with Gasteiger partial charge in [0.2, 0.25) is 0 Å². The summed E-state index contributed by atoms with van der Waals surface area (Å²) in [6.07, 6.45) is 96.8. The minimum atomic E-state index is -0.805. The van der Waals surface area contributed by atoms with Crippen LogP contribution in [0.3, 0.4) is 0 Å². The van der Waals surface area contributed by atoms with E-state index in [0.717, 1.165) is 180 Å². The van der Waals surface area contributed by atoms with Gasteiger partial charge in [0.05, 0.1) is 0 Å². The van der Waals surface area contributed by atoms with Crippen LogP contribution in [0, 0.1) is 0 Å². The zero-order valence-electron chi connectivity index (χ0n) is 51.5. The highest BCUT2D eigenvalue weighted by Crippen LogP contribution is 2.14. The van der Waals surface area contributed by atoms with Crippen molar-refractivity contribution in [3.05, 3.63) is 158 Å². The summed E-state index contributed by atoms with van der Waals surface area (Å²) >= 11 is 0. The van der Waals surface area contributed by atoms with Crippen molar-refractivity contribution in [2.75, 3.05) is 13.2 Å². The largest absolute Gasteiger partial charge is 0.462 e. The molecule has 0 heterocycles. The van der Waals surface area contributed by atoms with Gasteiger partial charge in [-0.05, 0) is 148 Å². The summed E-state index contributed by atoms with van der Waals surface area (Å²) in [5.41, 5.74) is 0. The number of carbonyl (C=O) groups excluding carboxylic acids is 3. The Morgan fingerprint density at radius 1 is 0.263 bits per heavy atom. The summed E-state index contributed by atoms with van der Waals surface area (Å²) in [6, 6.07) is 0. The van der Waals surface area contributed by atoms with Crippen LogP contribution in [0.25, 0.3) is 0 Å². The predicted octanol–water partition coefficient (Wildman–Crippen LogP) is 22.5. The number of hydrogen-bond acceptors (Lipinski definition) is 6. The predicted molar refractivity (Wildman–Crippen MR) is 348 cm³/mol. The molecule has 80 heavy (non-hydrogen) atoms. The molecule has 0 aromatic heterocycles. The van der Waals surface area contributed by atoms with Gasteiger partial charge in [-0.25, -0.2) is 0 Å². The van der Waals surface area contributed by atoms with E-state index >= 15 is 0 Å². The fourth-order valence-electron chi connectivity index (χ4n) is 8.38. The van der Waals surface area contributed by atoms with E-state index in [2.05, 4.69) is 179 Å². The van der Waals surface area contributed by atoms with Crippen molar-refractivity contribution in [2.45, 2.75) is 277 Å². The van der Waals surface area contributed by atoms with E-state index in [-0.39, 0.29) is 31.1 Å². The van der Waals surface area contributed by atoms with E-state index in [1.807, 2.05) is 0 Å². The maximum absolute atomic E-state index is 12.9. The van der Waals surface area contributed by atoms with Crippen molar-refractivity contribution in [1.82, 2.24) is 0 Å². The van der Waals surface area contributed by atoms with Crippen LogP contribution in [0.5, 0.6) is 0 Å². The van der Waals surface area contributed by atoms with E-state index in [0.29, 0.717) is 19.3 Å². The van der Waals surface area contributed by atoms with E-state index < -0.39 is 6.10 Å². The number of ether oxygens (including phenoxy) is 3. The molecule has 0 N–H and O–H groups in total. The lowest BCUT2D eigenvalue weighted by Gasteiger charge is -2.18. The maximum Gasteiger partial charge on any atom is 0.306 e. The zero-order valence-corrected chi connectivity index (χ0v) is 51.5. The van der Waals surface area contributed by atoms with Crippen LogP contribution in [0.1, 0.15) is 271 Å². The molecule has 0 rings (SSSR count). The first-order valence-corrected chi connectivity index (χ1v) is 32.5. The lowest BCUT2D eigenvalue weighted by molar-refractivity contribution is -0.167. The molecule has 0 saturated heterocycles. The SMILES string of the molecule is CC/C=C\C/C=C\C/C=C\C/C=C\C/C=C\C/C=C\C/C=C\C/C=C\C/C=C\C/C=C\CCCCCCC(=O)OCC(COC(=O)CCCCCCC/C=C\C/C=C\CCC)OC(=O)CCCCCCC/C=C\CCCCCCC. The number of carbonyl (C=O) groups is 3. The quantitative estimate of drug-likeness (QED) is 0.0261. The fourth-order valence-corrected chi connectivity index (χ4v) is 8.38. The Bertz CT molecular complexity index is 1790. The van der Waals surface area contributed by atoms with E-state index in [9.17, 15) is 14.4 Å². The first kappa shape index (κ1) is 75.0. The van der Waals surface area contributed by atoms with Gasteiger partial charge < -0.3 is 14.2 Å². The molecule has 0 aromatic rings. The number of rotatable bonds is 57. The number of allylic oxidation sites excluding steroid dienone is 26. The highest BCUT2D eigenvalue weighted by Gasteiger charge is 2.19. The van der Waals surface area contributed by atoms with E-state index in [1.165, 1.54) is 51.4 Å². The van der Waals surface area contributed by atoms with Crippen LogP contribution in [-0.2, 0) is 28.6 Å². The molecule has 6 heteroatoms. The Labute approximate surface area is 492 Å². The van der Waals surface area contributed by atoms with Gasteiger partial charge in [-0.1, -0.05) is 262 Å². The molecule has 0 amide bonds. The fraction of sp³-hybridized carbons (Fsp3) is 0.608. The van der Waals surface area contributed by atoms with Crippen molar-refractivity contribution in [3.8, 4) is 0 Å². The molecule has 1 unspecified atom stereocenters. The molecule has 0 aliphatic heterocycles. The third kappa shape index (κ3) is 63.9. The highest BCUT2D eigenvalue weighted by atomic mass is 16.6. The molecule has 0 aliphatic rings. The van der Waals surface area contributed by atoms with E-state index in [4.69, 9.17) is 14.2 Å². The molecule has 0 spiro atoms. The summed E-state index contributed by atoms with van der Waals surface area (Å²) in [4.78, 5) is 38.2. The van der Waals surface area contributed by atoms with Crippen LogP contribution < -0.4 is 0 Å². The number of esters is 3. The second-order valence-corrected chi connectivity index (χ2v) is 20.9. The first-order valence-electron chi connectivity index (χ1n) is 32.5. The molecule has 0 bridgehead atoms. The minimum absolute atomic E-state index is 0.102. The summed E-state index contributed by atoms with van der Waals surface area (Å²) in [5.74, 6) is -0.953. The van der Waals surface area contributed by atoms with Crippen LogP contribution in [0.2, 0.25) is 0 Å². The monoisotopic (exact) mass is 1100 g/mol. The second-order valence-electron chi connectivity index (χ2n) is 20.9. The lowest BCUT2D eigenvalue weighted by atomic mass is 10.1. The molecule has 6 nitrogen and oxygen atoms in total. The number of hydrogen-bond donors (Lipinski definition) is 0. The Kier molecular flexibility index (Phi) is 62.4. The minimum Gasteiger partial charge on any atom is -0.462 e. The molecule has 1 atom stereocenters. The third-order valence-electron chi connectivity index (χ3n) is 13.2. The maximum atomic E-state index is 12.9. The average molecular weight is 1100 g/mol. The van der Waals surface area contributed by atoms with Gasteiger partial charge in [0, 0.05) is 19.3 Å². The van der Waals surface area contributed by atoms with Crippen LogP contribution >= 0.6 is 0 Å². The standard InChI is InChI=1S/C74H118O6/c1-4-7-10-13-16-19-22-25-27-28-29-30-31-32-33-34-35-36-37-38-39-40-41-42-43-44-45-46-47-50-52-55-58-61-64-67-73(76)79-70-71(69-78-72(75)66-63-60-57-54-51-48-24-21-18-15-12-9-6-3)80-74(77)68-65-62-59-56-53-49-26-23-20-17-14-11-8-5-2/h7,10,12,15-16,19,21,23-27,29-30,32-33,35-36,38-39,41-42,44-45,47,50,71H,4-6,8-9,11,13-14,17-18,20,22,28,31,34,37,40,43,46,48-49,51-70H2,1-3H3/b10-7-,15-12-,19-16-,24-21-,26-23-,27-25-,30-29-,33-32-,36-35-,39-38-,42-41-,45-44-,50-47-. The highest BCUT2D eigenvalue weighted by molar-refractivity contribution is 5.71. The number of unbranched alkanes of at least 4 members (excludes halogenated alkanes) is 20. The van der Waals surface area contributed by atoms with E-state index in [1.54, 1.807) is 0 Å². The van der Waals surface area contributed by atoms with Gasteiger partial charge in [0.15, 0.2) is 6.10 Å². The van der Waals surface area contributed by atoms with Gasteiger partial charge in [-0.15, -0.1) is 0 Å². The molecule has 0 fully saturated rings.